The van der Waals surface area contributed by atoms with Gasteiger partial charge in [0.25, 0.3) is 5.91 Å². The average molecular weight is 415 g/mol. The van der Waals surface area contributed by atoms with Crippen LogP contribution in [0.5, 0.6) is 0 Å². The predicted octanol–water partition coefficient (Wildman–Crippen LogP) is 4.47. The Balaban J connectivity index is 2.28. The Hall–Kier alpha value is -3.09. The van der Waals surface area contributed by atoms with E-state index < -0.39 is 5.82 Å². The molecule has 0 unspecified atom stereocenters. The monoisotopic (exact) mass is 414 g/mol. The number of rotatable bonds is 8. The number of carbonyl (C=O) groups excluding carboxylic acids is 2. The Morgan fingerprint density at radius 3 is 2.43 bits per heavy atom. The van der Waals surface area contributed by atoms with E-state index in [1.807, 2.05) is 51.9 Å². The van der Waals surface area contributed by atoms with Gasteiger partial charge in [-0.1, -0.05) is 13.0 Å². The summed E-state index contributed by atoms with van der Waals surface area (Å²) in [6.45, 7) is 6.90. The number of nitrogens with one attached hydrogen (secondary N) is 2. The van der Waals surface area contributed by atoms with E-state index in [1.165, 1.54) is 18.2 Å². The standard InChI is InChI=1S/C23H31FN4O2/c1-6-12-28(23(30)25-16(2)3)15-18-14-20(10-11-21(18)27(4)5)26-22(29)17-8-7-9-19(24)13-17/h7-11,13-14,16H,6,12,15H2,1-5H3,(H,25,30)(H,26,29). The fourth-order valence-corrected chi connectivity index (χ4v) is 3.13. The number of benzene rings is 2. The molecule has 0 aromatic heterocycles. The molecule has 0 atom stereocenters. The van der Waals surface area contributed by atoms with Crippen LogP contribution in [0.4, 0.5) is 20.6 Å². The van der Waals surface area contributed by atoms with E-state index in [0.717, 1.165) is 17.7 Å². The third-order valence-electron chi connectivity index (χ3n) is 4.46. The van der Waals surface area contributed by atoms with Gasteiger partial charge in [-0.25, -0.2) is 9.18 Å². The van der Waals surface area contributed by atoms with Gasteiger partial charge in [-0.15, -0.1) is 0 Å². The maximum absolute atomic E-state index is 13.4. The van der Waals surface area contributed by atoms with Crippen LogP contribution in [0.2, 0.25) is 0 Å². The van der Waals surface area contributed by atoms with Gasteiger partial charge in [0.1, 0.15) is 5.82 Å². The number of hydrogen-bond acceptors (Lipinski definition) is 3. The first-order valence-electron chi connectivity index (χ1n) is 10.1. The van der Waals surface area contributed by atoms with Crippen LogP contribution in [-0.2, 0) is 6.54 Å². The van der Waals surface area contributed by atoms with Crippen LogP contribution in [0.3, 0.4) is 0 Å². The molecule has 3 amide bonds. The molecular weight excluding hydrogens is 383 g/mol. The molecular formula is C23H31FN4O2. The molecule has 7 heteroatoms. The molecule has 0 fully saturated rings. The Morgan fingerprint density at radius 2 is 1.83 bits per heavy atom. The van der Waals surface area contributed by atoms with E-state index in [-0.39, 0.29) is 23.5 Å². The highest BCUT2D eigenvalue weighted by molar-refractivity contribution is 6.04. The fourth-order valence-electron chi connectivity index (χ4n) is 3.13. The lowest BCUT2D eigenvalue weighted by molar-refractivity contribution is 0.102. The molecule has 0 saturated carbocycles. The lowest BCUT2D eigenvalue weighted by Gasteiger charge is -2.27. The highest BCUT2D eigenvalue weighted by atomic mass is 19.1. The lowest BCUT2D eigenvalue weighted by Crippen LogP contribution is -2.43. The topological polar surface area (TPSA) is 64.7 Å². The van der Waals surface area contributed by atoms with Crippen LogP contribution in [0.25, 0.3) is 0 Å². The molecule has 0 aliphatic carbocycles. The SMILES string of the molecule is CCCN(Cc1cc(NC(=O)c2cccc(F)c2)ccc1N(C)C)C(=O)NC(C)C. The minimum absolute atomic E-state index is 0.0436. The first kappa shape index (κ1) is 23.2. The van der Waals surface area contributed by atoms with Gasteiger partial charge >= 0.3 is 6.03 Å². The summed E-state index contributed by atoms with van der Waals surface area (Å²) in [7, 11) is 3.87. The third-order valence-corrected chi connectivity index (χ3v) is 4.46. The van der Waals surface area contributed by atoms with Crippen LogP contribution in [0.15, 0.2) is 42.5 Å². The number of hydrogen-bond donors (Lipinski definition) is 2. The van der Waals surface area contributed by atoms with Gasteiger partial charge in [-0.05, 0) is 62.2 Å². The molecule has 0 aliphatic heterocycles. The quantitative estimate of drug-likeness (QED) is 0.670. The molecule has 0 aliphatic rings. The molecule has 6 nitrogen and oxygen atoms in total. The zero-order valence-electron chi connectivity index (χ0n) is 18.3. The molecule has 0 heterocycles. The number of anilines is 2. The van der Waals surface area contributed by atoms with Crippen molar-refractivity contribution in [2.75, 3.05) is 30.9 Å². The van der Waals surface area contributed by atoms with Crippen molar-refractivity contribution in [1.29, 1.82) is 0 Å². The van der Waals surface area contributed by atoms with E-state index in [4.69, 9.17) is 0 Å². The van der Waals surface area contributed by atoms with Crippen LogP contribution in [0, 0.1) is 5.82 Å². The van der Waals surface area contributed by atoms with Gasteiger partial charge in [0.15, 0.2) is 0 Å². The van der Waals surface area contributed by atoms with Crippen molar-refractivity contribution in [2.24, 2.45) is 0 Å². The van der Waals surface area contributed by atoms with Gasteiger partial charge in [0.2, 0.25) is 0 Å². The summed E-state index contributed by atoms with van der Waals surface area (Å²) in [5, 5.41) is 5.75. The van der Waals surface area contributed by atoms with E-state index in [1.54, 1.807) is 17.0 Å². The smallest absolute Gasteiger partial charge is 0.317 e. The second-order valence-electron chi connectivity index (χ2n) is 7.73. The second-order valence-corrected chi connectivity index (χ2v) is 7.73. The Morgan fingerprint density at radius 1 is 1.10 bits per heavy atom. The van der Waals surface area contributed by atoms with Gasteiger partial charge in [0, 0.05) is 50.2 Å². The van der Waals surface area contributed by atoms with Crippen molar-refractivity contribution >= 4 is 23.3 Å². The molecule has 2 rings (SSSR count). The number of urea groups is 1. The van der Waals surface area contributed by atoms with Crippen molar-refractivity contribution in [3.8, 4) is 0 Å². The molecule has 30 heavy (non-hydrogen) atoms. The highest BCUT2D eigenvalue weighted by Crippen LogP contribution is 2.25. The van der Waals surface area contributed by atoms with E-state index in [0.29, 0.717) is 18.8 Å². The van der Waals surface area contributed by atoms with Gasteiger partial charge < -0.3 is 20.4 Å². The van der Waals surface area contributed by atoms with E-state index in [9.17, 15) is 14.0 Å². The molecule has 0 spiro atoms. The average Bonchev–Trinajstić information content (AvgIpc) is 2.67. The zero-order chi connectivity index (χ0) is 22.3. The summed E-state index contributed by atoms with van der Waals surface area (Å²) in [5.41, 5.74) is 2.70. The van der Waals surface area contributed by atoms with E-state index >= 15 is 0 Å². The van der Waals surface area contributed by atoms with Gasteiger partial charge in [-0.2, -0.15) is 0 Å². The minimum atomic E-state index is -0.460. The number of halogens is 1. The molecule has 0 bridgehead atoms. The summed E-state index contributed by atoms with van der Waals surface area (Å²) >= 11 is 0. The summed E-state index contributed by atoms with van der Waals surface area (Å²) in [6.07, 6.45) is 0.832. The summed E-state index contributed by atoms with van der Waals surface area (Å²) in [5.74, 6) is -0.848. The van der Waals surface area contributed by atoms with Crippen LogP contribution in [0.1, 0.15) is 43.1 Å². The molecule has 162 valence electrons. The molecule has 2 aromatic rings. The zero-order valence-corrected chi connectivity index (χ0v) is 18.3. The minimum Gasteiger partial charge on any atom is -0.377 e. The fraction of sp³-hybridized carbons (Fsp3) is 0.391. The molecule has 0 saturated heterocycles. The first-order chi connectivity index (χ1) is 14.2. The van der Waals surface area contributed by atoms with E-state index in [2.05, 4.69) is 10.6 Å². The Labute approximate surface area is 178 Å². The maximum atomic E-state index is 13.4. The van der Waals surface area contributed by atoms with Crippen LogP contribution >= 0.6 is 0 Å². The van der Waals surface area contributed by atoms with Crippen molar-refractivity contribution in [2.45, 2.75) is 39.8 Å². The molecule has 2 aromatic carbocycles. The van der Waals surface area contributed by atoms with Crippen molar-refractivity contribution in [1.82, 2.24) is 10.2 Å². The molecule has 2 N–H and O–H groups in total. The Bertz CT molecular complexity index is 883. The van der Waals surface area contributed by atoms with Crippen molar-refractivity contribution < 1.29 is 14.0 Å². The second kappa shape index (κ2) is 10.6. The largest absolute Gasteiger partial charge is 0.377 e. The van der Waals surface area contributed by atoms with Crippen LogP contribution < -0.4 is 15.5 Å². The van der Waals surface area contributed by atoms with Gasteiger partial charge in [0.05, 0.1) is 0 Å². The third kappa shape index (κ3) is 6.47. The van der Waals surface area contributed by atoms with Crippen LogP contribution in [-0.4, -0.2) is 43.5 Å². The van der Waals surface area contributed by atoms with Crippen molar-refractivity contribution in [3.05, 3.63) is 59.4 Å². The normalized spacial score (nSPS) is 10.6. The summed E-state index contributed by atoms with van der Waals surface area (Å²) in [4.78, 5) is 28.8. The predicted molar refractivity (Wildman–Crippen MR) is 119 cm³/mol. The Kier molecular flexibility index (Phi) is 8.21. The number of carbonyl (C=O) groups is 2. The highest BCUT2D eigenvalue weighted by Gasteiger charge is 2.17. The first-order valence-corrected chi connectivity index (χ1v) is 10.1. The lowest BCUT2D eigenvalue weighted by atomic mass is 10.1. The maximum Gasteiger partial charge on any atom is 0.317 e. The summed E-state index contributed by atoms with van der Waals surface area (Å²) in [6, 6.07) is 11.0. The summed E-state index contributed by atoms with van der Waals surface area (Å²) < 4.78 is 13.4. The number of amides is 3. The molecule has 0 radical (unpaired) electrons. The van der Waals surface area contributed by atoms with Crippen molar-refractivity contribution in [3.63, 3.8) is 0 Å². The van der Waals surface area contributed by atoms with Gasteiger partial charge in [-0.3, -0.25) is 4.79 Å². The number of nitrogens with zero attached hydrogens (tertiary/aromatic N) is 2.